The minimum absolute atomic E-state index is 0.300. The van der Waals surface area contributed by atoms with Gasteiger partial charge in [-0.1, -0.05) is 52.6 Å². The summed E-state index contributed by atoms with van der Waals surface area (Å²) in [5, 5.41) is 14.8. The molecule has 0 aromatic heterocycles. The Balaban J connectivity index is 1.69. The summed E-state index contributed by atoms with van der Waals surface area (Å²) in [4.78, 5) is 18.9. The number of oxime groups is 1. The second-order valence-electron chi connectivity index (χ2n) is 6.77. The first-order valence-corrected chi connectivity index (χ1v) is 9.95. The van der Waals surface area contributed by atoms with Gasteiger partial charge in [-0.15, -0.1) is 0 Å². The molecule has 0 unspecified atom stereocenters. The van der Waals surface area contributed by atoms with E-state index in [2.05, 4.69) is 10.1 Å². The molecule has 0 aliphatic carbocycles. The van der Waals surface area contributed by atoms with Crippen molar-refractivity contribution in [3.8, 4) is 0 Å². The quantitative estimate of drug-likeness (QED) is 0.405. The average Bonchev–Trinajstić information content (AvgIpc) is 2.68. The first kappa shape index (κ1) is 20.6. The van der Waals surface area contributed by atoms with Crippen LogP contribution in [0.1, 0.15) is 24.0 Å². The Labute approximate surface area is 174 Å². The van der Waals surface area contributed by atoms with Gasteiger partial charge >= 0.3 is 5.97 Å². The third-order valence-electron chi connectivity index (χ3n) is 4.71. The molecule has 1 aliphatic heterocycles. The topological polar surface area (TPSA) is 62.1 Å². The lowest BCUT2D eigenvalue weighted by molar-refractivity contribution is -0.143. The number of aliphatic carboxylic acids is 1. The van der Waals surface area contributed by atoms with Crippen LogP contribution in [0.5, 0.6) is 0 Å². The molecule has 28 heavy (non-hydrogen) atoms. The van der Waals surface area contributed by atoms with Crippen molar-refractivity contribution in [3.05, 3.63) is 69.7 Å². The normalized spacial score (nSPS) is 17.1. The van der Waals surface area contributed by atoms with Crippen LogP contribution in [-0.2, 0) is 9.63 Å². The lowest BCUT2D eigenvalue weighted by Gasteiger charge is -2.29. The van der Waals surface area contributed by atoms with Crippen LogP contribution in [0.2, 0.25) is 10.0 Å². The molecule has 0 bridgehead atoms. The molecule has 1 fully saturated rings. The number of benzene rings is 2. The summed E-state index contributed by atoms with van der Waals surface area (Å²) in [6.45, 7) is 2.44. The summed E-state index contributed by atoms with van der Waals surface area (Å²) < 4.78 is 0. The van der Waals surface area contributed by atoms with Gasteiger partial charge in [0.25, 0.3) is 0 Å². The molecule has 148 valence electrons. The van der Waals surface area contributed by atoms with Crippen LogP contribution in [0.3, 0.4) is 0 Å². The Hall–Kier alpha value is -2.08. The zero-order valence-electron chi connectivity index (χ0n) is 15.4. The second kappa shape index (κ2) is 9.92. The molecular weight excluding hydrogens is 399 g/mol. The van der Waals surface area contributed by atoms with Gasteiger partial charge in [0.05, 0.1) is 5.92 Å². The van der Waals surface area contributed by atoms with Crippen LogP contribution in [-0.4, -0.2) is 47.9 Å². The maximum Gasteiger partial charge on any atom is 0.307 e. The van der Waals surface area contributed by atoms with Crippen molar-refractivity contribution < 1.29 is 14.7 Å². The molecule has 1 heterocycles. The van der Waals surface area contributed by atoms with Crippen LogP contribution in [0, 0.1) is 5.92 Å². The van der Waals surface area contributed by atoms with Crippen LogP contribution in [0.4, 0.5) is 0 Å². The Kier molecular flexibility index (Phi) is 7.31. The minimum Gasteiger partial charge on any atom is -0.481 e. The number of halogens is 2. The number of nitrogens with zero attached hydrogens (tertiary/aromatic N) is 2. The lowest BCUT2D eigenvalue weighted by Crippen LogP contribution is -2.40. The molecule has 7 heteroatoms. The second-order valence-corrected chi connectivity index (χ2v) is 7.64. The van der Waals surface area contributed by atoms with Gasteiger partial charge in [0, 0.05) is 34.3 Å². The van der Waals surface area contributed by atoms with E-state index in [0.29, 0.717) is 35.5 Å². The smallest absolute Gasteiger partial charge is 0.307 e. The Bertz CT molecular complexity index is 810. The highest BCUT2D eigenvalue weighted by Crippen LogP contribution is 2.19. The van der Waals surface area contributed by atoms with E-state index in [4.69, 9.17) is 28.0 Å². The van der Waals surface area contributed by atoms with E-state index in [-0.39, 0.29) is 5.92 Å². The predicted molar refractivity (Wildman–Crippen MR) is 111 cm³/mol. The number of hydrogen-bond acceptors (Lipinski definition) is 4. The molecule has 2 aromatic carbocycles. The van der Waals surface area contributed by atoms with Crippen molar-refractivity contribution in [2.45, 2.75) is 12.8 Å². The Morgan fingerprint density at radius 1 is 1.14 bits per heavy atom. The molecule has 3 rings (SSSR count). The minimum atomic E-state index is -0.729. The molecule has 0 spiro atoms. The SMILES string of the molecule is O=C(O)[C@@H]1CCCN(CCON=C(c2cccc(Cl)c2)c2cccc(Cl)c2)C1. The van der Waals surface area contributed by atoms with Gasteiger partial charge in [-0.3, -0.25) is 9.69 Å². The van der Waals surface area contributed by atoms with Gasteiger partial charge in [0.15, 0.2) is 0 Å². The zero-order chi connectivity index (χ0) is 19.9. The number of hydrogen-bond donors (Lipinski definition) is 1. The Morgan fingerprint density at radius 3 is 2.36 bits per heavy atom. The lowest BCUT2D eigenvalue weighted by atomic mass is 9.98. The molecule has 0 radical (unpaired) electrons. The molecule has 0 saturated carbocycles. The fourth-order valence-electron chi connectivity index (χ4n) is 3.28. The van der Waals surface area contributed by atoms with Crippen molar-refractivity contribution in [1.82, 2.24) is 4.90 Å². The zero-order valence-corrected chi connectivity index (χ0v) is 16.9. The van der Waals surface area contributed by atoms with Crippen LogP contribution in [0.15, 0.2) is 53.7 Å². The highest BCUT2D eigenvalue weighted by molar-refractivity contribution is 6.32. The third kappa shape index (κ3) is 5.71. The molecule has 1 saturated heterocycles. The van der Waals surface area contributed by atoms with E-state index in [1.54, 1.807) is 12.1 Å². The number of piperidine rings is 1. The summed E-state index contributed by atoms with van der Waals surface area (Å²) >= 11 is 12.3. The van der Waals surface area contributed by atoms with Crippen molar-refractivity contribution in [1.29, 1.82) is 0 Å². The van der Waals surface area contributed by atoms with Crippen molar-refractivity contribution in [2.75, 3.05) is 26.2 Å². The summed E-state index contributed by atoms with van der Waals surface area (Å²) in [5.41, 5.74) is 2.31. The van der Waals surface area contributed by atoms with E-state index in [1.165, 1.54) is 0 Å². The molecule has 1 atom stereocenters. The standard InChI is InChI=1S/C21H22Cl2N2O3/c22-18-7-1-4-15(12-18)20(16-5-2-8-19(23)13-16)24-28-11-10-25-9-3-6-17(14-25)21(26)27/h1-2,4-5,7-8,12-13,17H,3,6,9-11,14H2,(H,26,27)/t17-/m1/s1. The van der Waals surface area contributed by atoms with Crippen LogP contribution < -0.4 is 0 Å². The number of carbonyl (C=O) groups is 1. The maximum absolute atomic E-state index is 11.2. The van der Waals surface area contributed by atoms with Gasteiger partial charge in [0.2, 0.25) is 0 Å². The van der Waals surface area contributed by atoms with Gasteiger partial charge in [-0.2, -0.15) is 0 Å². The van der Waals surface area contributed by atoms with Crippen LogP contribution in [0.25, 0.3) is 0 Å². The molecule has 1 N–H and O–H groups in total. The molecule has 2 aromatic rings. The predicted octanol–water partition coefficient (Wildman–Crippen LogP) is 4.56. The van der Waals surface area contributed by atoms with Gasteiger partial charge in [-0.25, -0.2) is 0 Å². The Morgan fingerprint density at radius 2 is 1.79 bits per heavy atom. The number of carboxylic acids is 1. The highest BCUT2D eigenvalue weighted by Gasteiger charge is 2.25. The summed E-state index contributed by atoms with van der Waals surface area (Å²) in [7, 11) is 0. The van der Waals surface area contributed by atoms with Crippen molar-refractivity contribution in [3.63, 3.8) is 0 Å². The first-order chi connectivity index (χ1) is 13.5. The average molecular weight is 421 g/mol. The van der Waals surface area contributed by atoms with Gasteiger partial charge < -0.3 is 9.94 Å². The number of rotatable bonds is 7. The fourth-order valence-corrected chi connectivity index (χ4v) is 3.66. The monoisotopic (exact) mass is 420 g/mol. The summed E-state index contributed by atoms with van der Waals surface area (Å²) in [6, 6.07) is 14.8. The first-order valence-electron chi connectivity index (χ1n) is 9.20. The van der Waals surface area contributed by atoms with E-state index in [0.717, 1.165) is 30.5 Å². The van der Waals surface area contributed by atoms with Crippen molar-refractivity contribution >= 4 is 34.9 Å². The van der Waals surface area contributed by atoms with Crippen molar-refractivity contribution in [2.24, 2.45) is 11.1 Å². The van der Waals surface area contributed by atoms with Gasteiger partial charge in [-0.05, 0) is 43.7 Å². The maximum atomic E-state index is 11.2. The molecule has 5 nitrogen and oxygen atoms in total. The highest BCUT2D eigenvalue weighted by atomic mass is 35.5. The van der Waals surface area contributed by atoms with Gasteiger partial charge in [0.1, 0.15) is 12.3 Å². The van der Waals surface area contributed by atoms with E-state index < -0.39 is 5.97 Å². The summed E-state index contributed by atoms with van der Waals surface area (Å²) in [6.07, 6.45) is 1.62. The van der Waals surface area contributed by atoms with Crippen LogP contribution >= 0.6 is 23.2 Å². The van der Waals surface area contributed by atoms with E-state index in [9.17, 15) is 9.90 Å². The molecule has 0 amide bonds. The molecule has 1 aliphatic rings. The summed E-state index contributed by atoms with van der Waals surface area (Å²) in [5.74, 6) is -1.03. The third-order valence-corrected chi connectivity index (χ3v) is 5.18. The fraction of sp³-hybridized carbons (Fsp3) is 0.333. The molecular formula is C21H22Cl2N2O3. The van der Waals surface area contributed by atoms with E-state index >= 15 is 0 Å². The van der Waals surface area contributed by atoms with E-state index in [1.807, 2.05) is 36.4 Å². The number of carboxylic acid groups (broad SMARTS) is 1. The number of likely N-dealkylation sites (tertiary alicyclic amines) is 1. The largest absolute Gasteiger partial charge is 0.481 e.